The van der Waals surface area contributed by atoms with Crippen molar-refractivity contribution in [3.05, 3.63) is 86.8 Å². The zero-order chi connectivity index (χ0) is 28.4. The summed E-state index contributed by atoms with van der Waals surface area (Å²) >= 11 is 12.1. The molecule has 39 heavy (non-hydrogen) atoms. The zero-order valence-electron chi connectivity index (χ0n) is 20.7. The number of methoxy groups -OCH3 is 1. The van der Waals surface area contributed by atoms with E-state index >= 15 is 4.39 Å². The number of amides is 2. The molecule has 0 aliphatic carbocycles. The molecule has 1 unspecified atom stereocenters. The van der Waals surface area contributed by atoms with E-state index in [1.54, 1.807) is 18.2 Å². The Balaban J connectivity index is 1.66. The molecule has 2 aromatic heterocycles. The number of halogens is 4. The molecular weight excluding hydrogens is 557 g/mol. The van der Waals surface area contributed by atoms with E-state index < -0.39 is 29.5 Å². The molecule has 0 saturated carbocycles. The first-order valence-corrected chi connectivity index (χ1v) is 11.9. The summed E-state index contributed by atoms with van der Waals surface area (Å²) in [5.41, 5.74) is -0.135. The van der Waals surface area contributed by atoms with E-state index in [0.29, 0.717) is 20.8 Å². The molecule has 0 saturated heterocycles. The number of anilines is 1. The van der Waals surface area contributed by atoms with Gasteiger partial charge in [0, 0.05) is 42.0 Å². The van der Waals surface area contributed by atoms with Gasteiger partial charge in [-0.1, -0.05) is 28.4 Å². The van der Waals surface area contributed by atoms with Gasteiger partial charge in [0.2, 0.25) is 0 Å². The van der Waals surface area contributed by atoms with Crippen LogP contribution in [0.3, 0.4) is 0 Å². The first-order chi connectivity index (χ1) is 18.5. The van der Waals surface area contributed by atoms with Crippen molar-refractivity contribution in [2.75, 3.05) is 26.5 Å². The Morgan fingerprint density at radius 1 is 1.08 bits per heavy atom. The molecule has 202 valence electrons. The molecular formula is C25H20Cl2F2N6O4. The summed E-state index contributed by atoms with van der Waals surface area (Å²) in [6.45, 7) is 0. The number of aromatic nitrogens is 4. The minimum atomic E-state index is -2.50. The van der Waals surface area contributed by atoms with Gasteiger partial charge in [-0.15, -0.1) is 5.10 Å². The van der Waals surface area contributed by atoms with Gasteiger partial charge in [-0.05, 0) is 36.4 Å². The van der Waals surface area contributed by atoms with Crippen LogP contribution in [0.15, 0.2) is 59.7 Å². The summed E-state index contributed by atoms with van der Waals surface area (Å²) in [7, 11) is 4.22. The number of rotatable bonds is 7. The Kier molecular flexibility index (Phi) is 7.98. The van der Waals surface area contributed by atoms with Crippen molar-refractivity contribution in [1.82, 2.24) is 24.5 Å². The number of ether oxygens (including phenoxy) is 1. The van der Waals surface area contributed by atoms with Crippen molar-refractivity contribution in [3.63, 3.8) is 0 Å². The van der Waals surface area contributed by atoms with Crippen molar-refractivity contribution in [1.29, 1.82) is 0 Å². The quantitative estimate of drug-likeness (QED) is 0.350. The number of carbonyl (C=O) groups is 2. The molecule has 0 fully saturated rings. The van der Waals surface area contributed by atoms with E-state index in [9.17, 15) is 18.8 Å². The lowest BCUT2D eigenvalue weighted by atomic mass is 10.0. The SMILES string of the molecule is COc1cn(C(F)C(=O)Nc2ccc(C(=O)N(C)C)c(F)c2)c(=O)cc1-c1cc(Cl)ccc1-n1cc(Cl)nn1. The van der Waals surface area contributed by atoms with Crippen LogP contribution in [0.2, 0.25) is 10.2 Å². The second kappa shape index (κ2) is 11.2. The van der Waals surface area contributed by atoms with E-state index in [0.717, 1.165) is 24.4 Å². The van der Waals surface area contributed by atoms with Gasteiger partial charge in [-0.25, -0.2) is 13.5 Å². The summed E-state index contributed by atoms with van der Waals surface area (Å²) in [6, 6.07) is 9.13. The summed E-state index contributed by atoms with van der Waals surface area (Å²) < 4.78 is 36.9. The van der Waals surface area contributed by atoms with Crippen LogP contribution in [0.1, 0.15) is 16.7 Å². The average Bonchev–Trinajstić information content (AvgIpc) is 3.33. The number of hydrogen-bond donors (Lipinski definition) is 1. The van der Waals surface area contributed by atoms with Gasteiger partial charge in [0.15, 0.2) is 5.15 Å². The lowest BCUT2D eigenvalue weighted by Gasteiger charge is -2.17. The van der Waals surface area contributed by atoms with Crippen molar-refractivity contribution in [2.24, 2.45) is 0 Å². The minimum absolute atomic E-state index is 0.0392. The van der Waals surface area contributed by atoms with Crippen molar-refractivity contribution in [3.8, 4) is 22.6 Å². The second-order valence-electron chi connectivity index (χ2n) is 8.37. The van der Waals surface area contributed by atoms with Crippen molar-refractivity contribution >= 4 is 40.7 Å². The second-order valence-corrected chi connectivity index (χ2v) is 9.19. The summed E-state index contributed by atoms with van der Waals surface area (Å²) in [5, 5.41) is 10.3. The third kappa shape index (κ3) is 5.76. The molecule has 0 aliphatic heterocycles. The van der Waals surface area contributed by atoms with E-state index in [2.05, 4.69) is 15.6 Å². The molecule has 14 heteroatoms. The molecule has 0 bridgehead atoms. The van der Waals surface area contributed by atoms with Gasteiger partial charge >= 0.3 is 0 Å². The van der Waals surface area contributed by atoms with Gasteiger partial charge in [0.1, 0.15) is 11.6 Å². The number of benzene rings is 2. The number of nitrogens with one attached hydrogen (secondary N) is 1. The van der Waals surface area contributed by atoms with Gasteiger partial charge in [-0.3, -0.25) is 19.0 Å². The molecule has 1 atom stereocenters. The lowest BCUT2D eigenvalue weighted by molar-refractivity contribution is -0.123. The molecule has 0 spiro atoms. The lowest BCUT2D eigenvalue weighted by Crippen LogP contribution is -2.30. The van der Waals surface area contributed by atoms with E-state index in [1.807, 2.05) is 0 Å². The highest BCUT2D eigenvalue weighted by molar-refractivity contribution is 6.31. The van der Waals surface area contributed by atoms with Crippen LogP contribution in [-0.2, 0) is 4.79 Å². The summed E-state index contributed by atoms with van der Waals surface area (Å²) in [6.07, 6.45) is -0.0321. The molecule has 2 amide bonds. The van der Waals surface area contributed by atoms with E-state index in [-0.39, 0.29) is 27.7 Å². The summed E-state index contributed by atoms with van der Waals surface area (Å²) in [5.74, 6) is -2.70. The first kappa shape index (κ1) is 27.7. The Morgan fingerprint density at radius 3 is 2.44 bits per heavy atom. The van der Waals surface area contributed by atoms with Crippen LogP contribution in [0.4, 0.5) is 14.5 Å². The summed E-state index contributed by atoms with van der Waals surface area (Å²) in [4.78, 5) is 38.8. The van der Waals surface area contributed by atoms with Gasteiger partial charge in [0.05, 0.1) is 30.8 Å². The zero-order valence-corrected chi connectivity index (χ0v) is 22.2. The Hall–Kier alpha value is -4.29. The number of hydrogen-bond acceptors (Lipinski definition) is 6. The monoisotopic (exact) mass is 576 g/mol. The van der Waals surface area contributed by atoms with Gasteiger partial charge < -0.3 is 15.0 Å². The van der Waals surface area contributed by atoms with Crippen LogP contribution in [-0.4, -0.2) is 57.5 Å². The molecule has 10 nitrogen and oxygen atoms in total. The molecule has 2 heterocycles. The number of pyridine rings is 1. The van der Waals surface area contributed by atoms with Crippen molar-refractivity contribution in [2.45, 2.75) is 6.30 Å². The predicted octanol–water partition coefficient (Wildman–Crippen LogP) is 4.36. The maximum absolute atomic E-state index is 15.2. The molecule has 0 aliphatic rings. The highest BCUT2D eigenvalue weighted by Crippen LogP contribution is 2.35. The first-order valence-electron chi connectivity index (χ1n) is 11.1. The maximum atomic E-state index is 15.2. The maximum Gasteiger partial charge on any atom is 0.280 e. The third-order valence-corrected chi connectivity index (χ3v) is 5.97. The smallest absolute Gasteiger partial charge is 0.280 e. The fourth-order valence-electron chi connectivity index (χ4n) is 3.70. The fraction of sp³-hybridized carbons (Fsp3) is 0.160. The van der Waals surface area contributed by atoms with Crippen LogP contribution >= 0.6 is 23.2 Å². The van der Waals surface area contributed by atoms with Gasteiger partial charge in [-0.2, -0.15) is 0 Å². The highest BCUT2D eigenvalue weighted by atomic mass is 35.5. The molecule has 2 aromatic carbocycles. The predicted molar refractivity (Wildman–Crippen MR) is 141 cm³/mol. The minimum Gasteiger partial charge on any atom is -0.495 e. The fourth-order valence-corrected chi connectivity index (χ4v) is 4.00. The Bertz CT molecular complexity index is 1640. The van der Waals surface area contributed by atoms with E-state index in [1.165, 1.54) is 43.1 Å². The molecule has 0 radical (unpaired) electrons. The number of carbonyl (C=O) groups excluding carboxylic acids is 2. The number of alkyl halides is 1. The largest absolute Gasteiger partial charge is 0.495 e. The van der Waals surface area contributed by atoms with Crippen LogP contribution in [0.5, 0.6) is 5.75 Å². The third-order valence-electron chi connectivity index (χ3n) is 5.56. The molecule has 1 N–H and O–H groups in total. The topological polar surface area (TPSA) is 111 Å². The standard InChI is InChI=1S/C25H20Cl2F2N6O4/c1-33(2)25(38)15-6-5-14(9-18(15)28)30-24(37)23(29)34-11-20(39-3)17(10-22(34)36)16-8-13(26)4-7-19(16)35-12-21(27)31-32-35/h4-12,23H,1-3H3,(H,30,37). The van der Waals surface area contributed by atoms with Crippen LogP contribution < -0.4 is 15.6 Å². The van der Waals surface area contributed by atoms with Crippen molar-refractivity contribution < 1.29 is 23.1 Å². The average molecular weight is 577 g/mol. The van der Waals surface area contributed by atoms with Gasteiger partial charge in [0.25, 0.3) is 23.7 Å². The molecule has 4 aromatic rings. The molecule has 4 rings (SSSR count). The van der Waals surface area contributed by atoms with E-state index in [4.69, 9.17) is 27.9 Å². The normalized spacial score (nSPS) is 11.7. The Morgan fingerprint density at radius 2 is 1.82 bits per heavy atom. The van der Waals surface area contributed by atoms with Crippen LogP contribution in [0.25, 0.3) is 16.8 Å². The highest BCUT2D eigenvalue weighted by Gasteiger charge is 2.24. The number of nitrogens with zero attached hydrogens (tertiary/aromatic N) is 5. The Labute approximate surface area is 230 Å². The van der Waals surface area contributed by atoms with Crippen LogP contribution in [0, 0.1) is 5.82 Å².